The topological polar surface area (TPSA) is 33.7 Å². The van der Waals surface area contributed by atoms with Gasteiger partial charge in [0.05, 0.1) is 20.3 Å². The van der Waals surface area contributed by atoms with Crippen molar-refractivity contribution in [3.63, 3.8) is 0 Å². The van der Waals surface area contributed by atoms with Crippen LogP contribution in [0.25, 0.3) is 5.57 Å². The summed E-state index contributed by atoms with van der Waals surface area (Å²) < 4.78 is 11.5. The van der Waals surface area contributed by atoms with E-state index in [4.69, 9.17) is 9.47 Å². The lowest BCUT2D eigenvalue weighted by molar-refractivity contribution is 0.122. The summed E-state index contributed by atoms with van der Waals surface area (Å²) in [5, 5.41) is 3.91. The van der Waals surface area contributed by atoms with Gasteiger partial charge in [0.25, 0.3) is 0 Å². The molecular weight excluding hydrogens is 444 g/mol. The van der Waals surface area contributed by atoms with Crippen molar-refractivity contribution >= 4 is 11.3 Å². The van der Waals surface area contributed by atoms with E-state index >= 15 is 0 Å². The number of ether oxygens (including phenoxy) is 2. The van der Waals surface area contributed by atoms with Crippen molar-refractivity contribution in [3.8, 4) is 5.75 Å². The Hall–Kier alpha value is -2.82. The number of nitrogens with zero attached hydrogens (tertiary/aromatic N) is 1. The lowest BCUT2D eigenvalue weighted by Gasteiger charge is -2.46. The Balaban J connectivity index is 1.54. The molecule has 3 unspecified atom stereocenters. The highest BCUT2D eigenvalue weighted by Crippen LogP contribution is 2.52. The molecule has 188 valence electrons. The third kappa shape index (κ3) is 4.01. The Morgan fingerprint density at radius 1 is 1.08 bits per heavy atom. The number of aryl methyl sites for hydroxylation is 1. The predicted octanol–water partition coefficient (Wildman–Crippen LogP) is 5.82. The van der Waals surface area contributed by atoms with Crippen LogP contribution in [0, 0.1) is 12.8 Å². The van der Waals surface area contributed by atoms with E-state index in [2.05, 4.69) is 92.5 Å². The third-order valence-corrected chi connectivity index (χ3v) is 8.36. The van der Waals surface area contributed by atoms with Crippen molar-refractivity contribution < 1.29 is 9.47 Å². The molecule has 1 fully saturated rings. The zero-order valence-corrected chi connectivity index (χ0v) is 22.2. The van der Waals surface area contributed by atoms with E-state index in [-0.39, 0.29) is 5.54 Å². The molecule has 3 atom stereocenters. The molecule has 6 rings (SSSR count). The van der Waals surface area contributed by atoms with Crippen LogP contribution in [0.1, 0.15) is 48.9 Å². The Kier molecular flexibility index (Phi) is 5.85. The first kappa shape index (κ1) is 23.6. The smallest absolute Gasteiger partial charge is 0.126 e. The van der Waals surface area contributed by atoms with Crippen LogP contribution in [0.15, 0.2) is 65.8 Å². The molecular formula is C32H38N2O2. The van der Waals surface area contributed by atoms with E-state index in [0.717, 1.165) is 38.5 Å². The molecule has 1 N–H and O–H groups in total. The van der Waals surface area contributed by atoms with Crippen LogP contribution in [0.5, 0.6) is 5.75 Å². The number of anilines is 1. The lowest BCUT2D eigenvalue weighted by Crippen LogP contribution is -2.53. The fourth-order valence-electron chi connectivity index (χ4n) is 7.04. The number of methoxy groups -OCH3 is 1. The van der Waals surface area contributed by atoms with Gasteiger partial charge < -0.3 is 19.7 Å². The molecule has 0 amide bonds. The van der Waals surface area contributed by atoms with Gasteiger partial charge in [0.2, 0.25) is 0 Å². The molecule has 2 heterocycles. The molecule has 2 aromatic rings. The van der Waals surface area contributed by atoms with Crippen LogP contribution >= 0.6 is 0 Å². The van der Waals surface area contributed by atoms with Crippen LogP contribution < -0.4 is 15.0 Å². The van der Waals surface area contributed by atoms with Crippen LogP contribution in [-0.2, 0) is 11.2 Å². The molecule has 2 aromatic carbocycles. The number of allylic oxidation sites excluding steroid dienone is 2. The van der Waals surface area contributed by atoms with Gasteiger partial charge in [-0.25, -0.2) is 0 Å². The van der Waals surface area contributed by atoms with Gasteiger partial charge >= 0.3 is 0 Å². The Morgan fingerprint density at radius 3 is 2.67 bits per heavy atom. The minimum Gasteiger partial charge on any atom is -0.496 e. The zero-order chi connectivity index (χ0) is 25.0. The summed E-state index contributed by atoms with van der Waals surface area (Å²) in [6.07, 6.45) is 8.17. The molecule has 4 aliphatic rings. The maximum Gasteiger partial charge on any atom is 0.126 e. The van der Waals surface area contributed by atoms with Crippen molar-refractivity contribution in [1.29, 1.82) is 0 Å². The molecule has 0 bridgehead atoms. The molecule has 2 aliphatic carbocycles. The van der Waals surface area contributed by atoms with E-state index in [1.165, 1.54) is 44.7 Å². The fraction of sp³-hybridized carbons (Fsp3) is 0.438. The van der Waals surface area contributed by atoms with E-state index in [1.54, 1.807) is 7.11 Å². The molecule has 1 saturated heterocycles. The van der Waals surface area contributed by atoms with Gasteiger partial charge in [-0.05, 0) is 80.2 Å². The molecule has 0 spiro atoms. The minimum atomic E-state index is -0.0136. The highest BCUT2D eigenvalue weighted by atomic mass is 16.5. The first-order chi connectivity index (χ1) is 17.3. The predicted molar refractivity (Wildman–Crippen MR) is 148 cm³/mol. The van der Waals surface area contributed by atoms with Gasteiger partial charge in [0, 0.05) is 47.8 Å². The molecule has 4 nitrogen and oxygen atoms in total. The van der Waals surface area contributed by atoms with Gasteiger partial charge in [-0.1, -0.05) is 42.0 Å². The number of rotatable bonds is 3. The Bertz CT molecular complexity index is 1280. The van der Waals surface area contributed by atoms with E-state index in [9.17, 15) is 0 Å². The zero-order valence-electron chi connectivity index (χ0n) is 22.2. The molecule has 0 radical (unpaired) electrons. The molecule has 0 aromatic heterocycles. The fourth-order valence-corrected chi connectivity index (χ4v) is 7.04. The van der Waals surface area contributed by atoms with Gasteiger partial charge in [-0.3, -0.25) is 0 Å². The maximum atomic E-state index is 5.90. The van der Waals surface area contributed by atoms with Crippen LogP contribution in [0.3, 0.4) is 0 Å². The maximum absolute atomic E-state index is 5.90. The summed E-state index contributed by atoms with van der Waals surface area (Å²) in [7, 11) is 1.79. The third-order valence-electron chi connectivity index (χ3n) is 8.36. The molecule has 4 heteroatoms. The Labute approximate surface area is 215 Å². The van der Waals surface area contributed by atoms with Crippen molar-refractivity contribution in [2.45, 2.75) is 51.6 Å². The van der Waals surface area contributed by atoms with E-state index in [0.29, 0.717) is 17.9 Å². The number of hydrogen-bond donors (Lipinski definition) is 1. The second kappa shape index (κ2) is 8.93. The largest absolute Gasteiger partial charge is 0.496 e. The summed E-state index contributed by atoms with van der Waals surface area (Å²) in [5.74, 6) is 1.64. The quantitative estimate of drug-likeness (QED) is 0.559. The van der Waals surface area contributed by atoms with E-state index in [1.807, 2.05) is 0 Å². The number of fused-ring (bicyclic) bond motifs is 4. The van der Waals surface area contributed by atoms with Crippen LogP contribution in [0.4, 0.5) is 5.69 Å². The van der Waals surface area contributed by atoms with Crippen molar-refractivity contribution in [1.82, 2.24) is 5.32 Å². The SMILES string of the molecule is COc1cccc2c1C1=C(C(c3cc(C)cc(N4CCOCC4)c3)C2)C2C(C)=CC(C)(C)NC2C=C1. The molecule has 36 heavy (non-hydrogen) atoms. The lowest BCUT2D eigenvalue weighted by atomic mass is 9.64. The summed E-state index contributed by atoms with van der Waals surface area (Å²) >= 11 is 0. The minimum absolute atomic E-state index is 0.0136. The number of benzene rings is 2. The van der Waals surface area contributed by atoms with Crippen molar-refractivity contribution in [3.05, 3.63) is 88.0 Å². The number of nitrogens with one attached hydrogen (secondary N) is 1. The second-order valence-electron chi connectivity index (χ2n) is 11.4. The summed E-state index contributed by atoms with van der Waals surface area (Å²) in [5.41, 5.74) is 11.1. The average Bonchev–Trinajstić information content (AvgIpc) is 2.86. The first-order valence-electron chi connectivity index (χ1n) is 13.3. The average molecular weight is 483 g/mol. The normalized spacial score (nSPS) is 26.6. The van der Waals surface area contributed by atoms with E-state index < -0.39 is 0 Å². The molecule has 0 saturated carbocycles. The molecule has 2 aliphatic heterocycles. The summed E-state index contributed by atoms with van der Waals surface area (Å²) in [6, 6.07) is 14.0. The van der Waals surface area contributed by atoms with Gasteiger partial charge in [0.1, 0.15) is 5.75 Å². The number of morpholine rings is 1. The van der Waals surface area contributed by atoms with Gasteiger partial charge in [0.15, 0.2) is 0 Å². The Morgan fingerprint density at radius 2 is 1.89 bits per heavy atom. The second-order valence-corrected chi connectivity index (χ2v) is 11.4. The van der Waals surface area contributed by atoms with Gasteiger partial charge in [-0.2, -0.15) is 0 Å². The highest BCUT2D eigenvalue weighted by molar-refractivity contribution is 5.87. The summed E-state index contributed by atoms with van der Waals surface area (Å²) in [4.78, 5) is 2.48. The van der Waals surface area contributed by atoms with Crippen molar-refractivity contribution in [2.75, 3.05) is 38.3 Å². The number of hydrogen-bond acceptors (Lipinski definition) is 4. The van der Waals surface area contributed by atoms with Crippen molar-refractivity contribution in [2.24, 2.45) is 5.92 Å². The van der Waals surface area contributed by atoms with Crippen LogP contribution in [-0.4, -0.2) is 45.0 Å². The van der Waals surface area contributed by atoms with Crippen LogP contribution in [0.2, 0.25) is 0 Å². The van der Waals surface area contributed by atoms with Gasteiger partial charge in [-0.15, -0.1) is 0 Å². The first-order valence-corrected chi connectivity index (χ1v) is 13.3. The summed E-state index contributed by atoms with van der Waals surface area (Å²) in [6.45, 7) is 12.6. The highest BCUT2D eigenvalue weighted by Gasteiger charge is 2.42. The monoisotopic (exact) mass is 482 g/mol. The standard InChI is InChI=1S/C32H38N2O2/c1-20-15-23(17-24(16-20)34-11-13-36-14-12-34)26-18-22-7-6-8-28(35-5)30(22)25-9-10-27-29(31(25)26)21(2)19-32(3,4)33-27/h6-10,15-17,19,26-27,29,33H,11-14,18H2,1-5H3.